The fourth-order valence-electron chi connectivity index (χ4n) is 1.27. The molecular formula is C13H18O5. The number of hydrogen-bond acceptors (Lipinski definition) is 5. The third-order valence-electron chi connectivity index (χ3n) is 2.19. The molecule has 0 aliphatic heterocycles. The van der Waals surface area contributed by atoms with Crippen LogP contribution in [-0.2, 0) is 30.3 Å². The van der Waals surface area contributed by atoms with Crippen LogP contribution < -0.4 is 0 Å². The van der Waals surface area contributed by atoms with E-state index in [1.807, 2.05) is 30.3 Å². The quantitative estimate of drug-likeness (QED) is 0.398. The standard InChI is InChI=1S/C13H18O5/c1-15-8-9-17-13(16-2)12(14)18-10-11-6-4-3-5-7-11/h3-7,13H,8-10H2,1-2H3. The van der Waals surface area contributed by atoms with Gasteiger partial charge in [-0.05, 0) is 5.56 Å². The van der Waals surface area contributed by atoms with Crippen molar-refractivity contribution in [2.75, 3.05) is 27.4 Å². The van der Waals surface area contributed by atoms with Crippen LogP contribution in [-0.4, -0.2) is 39.7 Å². The number of rotatable bonds is 8. The maximum absolute atomic E-state index is 11.6. The molecule has 0 fully saturated rings. The Morgan fingerprint density at radius 1 is 1.17 bits per heavy atom. The first-order chi connectivity index (χ1) is 8.77. The summed E-state index contributed by atoms with van der Waals surface area (Å²) in [6.45, 7) is 0.869. The van der Waals surface area contributed by atoms with Crippen LogP contribution in [0, 0.1) is 0 Å². The van der Waals surface area contributed by atoms with E-state index in [1.54, 1.807) is 7.11 Å². The van der Waals surface area contributed by atoms with Crippen molar-refractivity contribution in [2.45, 2.75) is 12.9 Å². The highest BCUT2D eigenvalue weighted by Gasteiger charge is 2.19. The van der Waals surface area contributed by atoms with Gasteiger partial charge in [-0.15, -0.1) is 0 Å². The highest BCUT2D eigenvalue weighted by molar-refractivity contribution is 5.73. The Balaban J connectivity index is 2.33. The Morgan fingerprint density at radius 3 is 2.50 bits per heavy atom. The van der Waals surface area contributed by atoms with Gasteiger partial charge in [-0.3, -0.25) is 0 Å². The molecule has 0 heterocycles. The van der Waals surface area contributed by atoms with Crippen molar-refractivity contribution < 1.29 is 23.7 Å². The molecule has 0 bridgehead atoms. The second kappa shape index (κ2) is 8.63. The molecule has 0 aliphatic rings. The fraction of sp³-hybridized carbons (Fsp3) is 0.462. The molecular weight excluding hydrogens is 236 g/mol. The fourth-order valence-corrected chi connectivity index (χ4v) is 1.27. The van der Waals surface area contributed by atoms with Crippen molar-refractivity contribution in [2.24, 2.45) is 0 Å². The lowest BCUT2D eigenvalue weighted by Crippen LogP contribution is -2.29. The number of carbonyl (C=O) groups is 1. The zero-order valence-electron chi connectivity index (χ0n) is 10.6. The minimum absolute atomic E-state index is 0.202. The minimum Gasteiger partial charge on any atom is -0.457 e. The van der Waals surface area contributed by atoms with Crippen molar-refractivity contribution in [3.05, 3.63) is 35.9 Å². The molecule has 1 aromatic carbocycles. The van der Waals surface area contributed by atoms with E-state index in [2.05, 4.69) is 0 Å². The van der Waals surface area contributed by atoms with E-state index < -0.39 is 12.3 Å². The van der Waals surface area contributed by atoms with Crippen LogP contribution in [0.4, 0.5) is 0 Å². The van der Waals surface area contributed by atoms with Crippen LogP contribution in [0.3, 0.4) is 0 Å². The maximum atomic E-state index is 11.6. The van der Waals surface area contributed by atoms with Crippen LogP contribution in [0.1, 0.15) is 5.56 Å². The molecule has 1 atom stereocenters. The third-order valence-corrected chi connectivity index (χ3v) is 2.19. The molecule has 0 aromatic heterocycles. The van der Waals surface area contributed by atoms with E-state index in [1.165, 1.54) is 7.11 Å². The molecule has 1 unspecified atom stereocenters. The molecule has 0 aliphatic carbocycles. The van der Waals surface area contributed by atoms with Gasteiger partial charge in [0.25, 0.3) is 6.29 Å². The van der Waals surface area contributed by atoms with E-state index in [0.717, 1.165) is 5.56 Å². The highest BCUT2D eigenvalue weighted by Crippen LogP contribution is 2.04. The second-order valence-corrected chi connectivity index (χ2v) is 3.52. The molecule has 0 spiro atoms. The number of methoxy groups -OCH3 is 2. The Bertz CT molecular complexity index is 338. The first-order valence-electron chi connectivity index (χ1n) is 5.62. The summed E-state index contributed by atoms with van der Waals surface area (Å²) < 4.78 is 20.0. The van der Waals surface area contributed by atoms with Crippen LogP contribution in [0.2, 0.25) is 0 Å². The summed E-state index contributed by atoms with van der Waals surface area (Å²) in [6, 6.07) is 9.41. The van der Waals surface area contributed by atoms with Gasteiger partial charge in [0.05, 0.1) is 13.2 Å². The predicted octanol–water partition coefficient (Wildman–Crippen LogP) is 1.37. The Morgan fingerprint density at radius 2 is 1.89 bits per heavy atom. The smallest absolute Gasteiger partial charge is 0.363 e. The van der Waals surface area contributed by atoms with Crippen molar-refractivity contribution in [1.29, 1.82) is 0 Å². The summed E-state index contributed by atoms with van der Waals surface area (Å²) >= 11 is 0. The van der Waals surface area contributed by atoms with Gasteiger partial charge < -0.3 is 18.9 Å². The molecule has 0 radical (unpaired) electrons. The Hall–Kier alpha value is -1.43. The van der Waals surface area contributed by atoms with Gasteiger partial charge >= 0.3 is 5.97 Å². The van der Waals surface area contributed by atoms with E-state index >= 15 is 0 Å². The molecule has 0 saturated carbocycles. The lowest BCUT2D eigenvalue weighted by molar-refractivity contribution is -0.192. The Kier molecular flexibility index (Phi) is 7.01. The molecule has 0 N–H and O–H groups in total. The lowest BCUT2D eigenvalue weighted by Gasteiger charge is -2.14. The van der Waals surface area contributed by atoms with Crippen LogP contribution >= 0.6 is 0 Å². The molecule has 1 aromatic rings. The highest BCUT2D eigenvalue weighted by atomic mass is 16.7. The molecule has 5 nitrogen and oxygen atoms in total. The molecule has 1 rings (SSSR count). The molecule has 0 saturated heterocycles. The monoisotopic (exact) mass is 254 g/mol. The van der Waals surface area contributed by atoms with Crippen molar-refractivity contribution in [3.63, 3.8) is 0 Å². The number of carbonyl (C=O) groups excluding carboxylic acids is 1. The third kappa shape index (κ3) is 5.27. The zero-order valence-corrected chi connectivity index (χ0v) is 10.6. The zero-order chi connectivity index (χ0) is 13.2. The lowest BCUT2D eigenvalue weighted by atomic mass is 10.2. The predicted molar refractivity (Wildman–Crippen MR) is 64.9 cm³/mol. The molecule has 0 amide bonds. The summed E-state index contributed by atoms with van der Waals surface area (Å²) in [7, 11) is 2.94. The van der Waals surface area contributed by atoms with Crippen molar-refractivity contribution >= 4 is 5.97 Å². The van der Waals surface area contributed by atoms with E-state index in [4.69, 9.17) is 18.9 Å². The number of hydrogen-bond donors (Lipinski definition) is 0. The summed E-state index contributed by atoms with van der Waals surface area (Å²) in [5, 5.41) is 0. The van der Waals surface area contributed by atoms with Crippen LogP contribution in [0.15, 0.2) is 30.3 Å². The van der Waals surface area contributed by atoms with E-state index in [9.17, 15) is 4.79 Å². The SMILES string of the molecule is COCCOC(OC)C(=O)OCc1ccccc1. The van der Waals surface area contributed by atoms with Gasteiger partial charge in [-0.2, -0.15) is 0 Å². The second-order valence-electron chi connectivity index (χ2n) is 3.52. The van der Waals surface area contributed by atoms with Crippen LogP contribution in [0.25, 0.3) is 0 Å². The van der Waals surface area contributed by atoms with Gasteiger partial charge in [0.15, 0.2) is 0 Å². The largest absolute Gasteiger partial charge is 0.457 e. The van der Waals surface area contributed by atoms with Gasteiger partial charge in [0, 0.05) is 14.2 Å². The van der Waals surface area contributed by atoms with Gasteiger partial charge in [-0.1, -0.05) is 30.3 Å². The van der Waals surface area contributed by atoms with Gasteiger partial charge in [-0.25, -0.2) is 4.79 Å². The summed E-state index contributed by atoms with van der Waals surface area (Å²) in [6.07, 6.45) is -1.01. The normalized spacial score (nSPS) is 12.1. The minimum atomic E-state index is -1.01. The van der Waals surface area contributed by atoms with E-state index in [0.29, 0.717) is 6.61 Å². The topological polar surface area (TPSA) is 54.0 Å². The van der Waals surface area contributed by atoms with Crippen molar-refractivity contribution in [3.8, 4) is 0 Å². The number of ether oxygens (including phenoxy) is 4. The van der Waals surface area contributed by atoms with Gasteiger partial charge in [0.2, 0.25) is 0 Å². The first-order valence-corrected chi connectivity index (χ1v) is 5.62. The van der Waals surface area contributed by atoms with Crippen LogP contribution in [0.5, 0.6) is 0 Å². The van der Waals surface area contributed by atoms with E-state index in [-0.39, 0.29) is 13.2 Å². The number of benzene rings is 1. The summed E-state index contributed by atoms with van der Waals surface area (Å²) in [4.78, 5) is 11.6. The molecule has 100 valence electrons. The summed E-state index contributed by atoms with van der Waals surface area (Å²) in [5.74, 6) is -0.544. The molecule has 18 heavy (non-hydrogen) atoms. The Labute approximate surface area is 107 Å². The first kappa shape index (κ1) is 14.6. The summed E-state index contributed by atoms with van der Waals surface area (Å²) in [5.41, 5.74) is 0.914. The van der Waals surface area contributed by atoms with Crippen molar-refractivity contribution in [1.82, 2.24) is 0 Å². The number of esters is 1. The van der Waals surface area contributed by atoms with Gasteiger partial charge in [0.1, 0.15) is 6.61 Å². The maximum Gasteiger partial charge on any atom is 0.363 e. The average Bonchev–Trinajstić information content (AvgIpc) is 2.42. The average molecular weight is 254 g/mol. The molecule has 5 heteroatoms.